The van der Waals surface area contributed by atoms with Crippen LogP contribution >= 0.6 is 11.3 Å². The minimum absolute atomic E-state index is 0.127. The molecule has 0 unspecified atom stereocenters. The Balaban J connectivity index is 1.72. The van der Waals surface area contributed by atoms with Gasteiger partial charge in [0.25, 0.3) is 5.91 Å². The molecule has 31 heavy (non-hydrogen) atoms. The molecule has 0 saturated carbocycles. The number of thiazole rings is 1. The number of methoxy groups -OCH3 is 1. The van der Waals surface area contributed by atoms with Gasteiger partial charge in [-0.1, -0.05) is 53.8 Å². The number of amides is 2. The van der Waals surface area contributed by atoms with Crippen LogP contribution in [0.4, 0.5) is 5.69 Å². The molecule has 0 atom stereocenters. The van der Waals surface area contributed by atoms with E-state index in [2.05, 4.69) is 10.3 Å². The number of nitrogens with one attached hydrogen (secondary N) is 1. The van der Waals surface area contributed by atoms with Crippen LogP contribution in [-0.4, -0.2) is 30.1 Å². The summed E-state index contributed by atoms with van der Waals surface area (Å²) in [4.78, 5) is 29.3. The smallest absolute Gasteiger partial charge is 0.252 e. The molecule has 4 rings (SSSR count). The molecule has 0 radical (unpaired) electrons. The Labute approximate surface area is 183 Å². The summed E-state index contributed by atoms with van der Waals surface area (Å²) in [5, 5.41) is 4.97. The summed E-state index contributed by atoms with van der Waals surface area (Å²) >= 11 is 1.43. The van der Waals surface area contributed by atoms with Gasteiger partial charge in [0, 0.05) is 26.3 Å². The molecule has 0 aliphatic carbocycles. The Morgan fingerprint density at radius 2 is 1.90 bits per heavy atom. The lowest BCUT2D eigenvalue weighted by molar-refractivity contribution is -0.117. The summed E-state index contributed by atoms with van der Waals surface area (Å²) in [5.41, 5.74) is 2.63. The van der Waals surface area contributed by atoms with Gasteiger partial charge < -0.3 is 14.6 Å². The SMILES string of the molecule is COCCn1c(=NC(=O)Cc2cccc3ccccc23)sc2cc(NC(C)=O)ccc21. The maximum Gasteiger partial charge on any atom is 0.252 e. The van der Waals surface area contributed by atoms with Gasteiger partial charge in [0.1, 0.15) is 0 Å². The molecule has 1 heterocycles. The maximum atomic E-state index is 12.9. The normalized spacial score (nSPS) is 11.9. The molecule has 0 bridgehead atoms. The first-order valence-electron chi connectivity index (χ1n) is 9.99. The molecule has 1 aromatic heterocycles. The van der Waals surface area contributed by atoms with Crippen molar-refractivity contribution >= 4 is 49.8 Å². The fourth-order valence-corrected chi connectivity index (χ4v) is 4.71. The quantitative estimate of drug-likeness (QED) is 0.497. The molecule has 0 aliphatic rings. The highest BCUT2D eigenvalue weighted by Crippen LogP contribution is 2.23. The van der Waals surface area contributed by atoms with Crippen molar-refractivity contribution in [3.8, 4) is 0 Å². The van der Waals surface area contributed by atoms with E-state index < -0.39 is 0 Å². The third-order valence-electron chi connectivity index (χ3n) is 4.96. The number of carbonyl (C=O) groups is 2. The molecule has 158 valence electrons. The van der Waals surface area contributed by atoms with E-state index in [1.165, 1.54) is 18.3 Å². The van der Waals surface area contributed by atoms with Crippen molar-refractivity contribution in [2.45, 2.75) is 19.9 Å². The van der Waals surface area contributed by atoms with Gasteiger partial charge in [0.15, 0.2) is 4.80 Å². The lowest BCUT2D eigenvalue weighted by atomic mass is 10.0. The lowest BCUT2D eigenvalue weighted by Gasteiger charge is -2.06. The minimum Gasteiger partial charge on any atom is -0.383 e. The molecular formula is C24H23N3O3S. The highest BCUT2D eigenvalue weighted by molar-refractivity contribution is 7.16. The van der Waals surface area contributed by atoms with E-state index in [-0.39, 0.29) is 18.2 Å². The Morgan fingerprint density at radius 3 is 2.71 bits per heavy atom. The highest BCUT2D eigenvalue weighted by atomic mass is 32.1. The molecule has 4 aromatic rings. The number of benzene rings is 3. The van der Waals surface area contributed by atoms with Crippen LogP contribution in [0, 0.1) is 0 Å². The summed E-state index contributed by atoms with van der Waals surface area (Å²) in [6.45, 7) is 2.56. The van der Waals surface area contributed by atoms with Crippen molar-refractivity contribution in [1.82, 2.24) is 4.57 Å². The number of hydrogen-bond donors (Lipinski definition) is 1. The first kappa shape index (κ1) is 21.0. The van der Waals surface area contributed by atoms with E-state index in [1.54, 1.807) is 7.11 Å². The van der Waals surface area contributed by atoms with Gasteiger partial charge in [-0.2, -0.15) is 4.99 Å². The first-order valence-corrected chi connectivity index (χ1v) is 10.8. The minimum atomic E-state index is -0.198. The zero-order chi connectivity index (χ0) is 21.8. The summed E-state index contributed by atoms with van der Waals surface area (Å²) in [6, 6.07) is 19.7. The topological polar surface area (TPSA) is 72.7 Å². The largest absolute Gasteiger partial charge is 0.383 e. The van der Waals surface area contributed by atoms with Crippen LogP contribution < -0.4 is 10.1 Å². The van der Waals surface area contributed by atoms with Gasteiger partial charge in [-0.05, 0) is 34.5 Å². The van der Waals surface area contributed by atoms with Crippen LogP contribution in [0.3, 0.4) is 0 Å². The fourth-order valence-electron chi connectivity index (χ4n) is 3.59. The third kappa shape index (κ3) is 4.73. The van der Waals surface area contributed by atoms with Crippen molar-refractivity contribution in [2.75, 3.05) is 19.0 Å². The number of ether oxygens (including phenoxy) is 1. The highest BCUT2D eigenvalue weighted by Gasteiger charge is 2.11. The van der Waals surface area contributed by atoms with Gasteiger partial charge in [-0.25, -0.2) is 0 Å². The lowest BCUT2D eigenvalue weighted by Crippen LogP contribution is -2.19. The van der Waals surface area contributed by atoms with E-state index in [0.29, 0.717) is 23.6 Å². The average molecular weight is 434 g/mol. The number of hydrogen-bond acceptors (Lipinski definition) is 4. The average Bonchev–Trinajstić information content (AvgIpc) is 3.08. The van der Waals surface area contributed by atoms with Crippen LogP contribution in [0.25, 0.3) is 21.0 Å². The van der Waals surface area contributed by atoms with Crippen molar-refractivity contribution < 1.29 is 14.3 Å². The van der Waals surface area contributed by atoms with Crippen molar-refractivity contribution in [3.05, 3.63) is 71.0 Å². The number of rotatable bonds is 6. The second-order valence-corrected chi connectivity index (χ2v) is 8.22. The van der Waals surface area contributed by atoms with E-state index in [4.69, 9.17) is 4.74 Å². The predicted octanol–water partition coefficient (Wildman–Crippen LogP) is 4.13. The van der Waals surface area contributed by atoms with Gasteiger partial charge in [0.2, 0.25) is 5.91 Å². The molecule has 1 N–H and O–H groups in total. The van der Waals surface area contributed by atoms with Crippen LogP contribution in [0.5, 0.6) is 0 Å². The van der Waals surface area contributed by atoms with Crippen molar-refractivity contribution in [1.29, 1.82) is 0 Å². The summed E-state index contributed by atoms with van der Waals surface area (Å²) < 4.78 is 8.18. The van der Waals surface area contributed by atoms with Crippen LogP contribution in [0.2, 0.25) is 0 Å². The predicted molar refractivity (Wildman–Crippen MR) is 124 cm³/mol. The van der Waals surface area contributed by atoms with Crippen LogP contribution in [0.15, 0.2) is 65.7 Å². The number of fused-ring (bicyclic) bond motifs is 2. The van der Waals surface area contributed by atoms with Crippen molar-refractivity contribution in [2.24, 2.45) is 4.99 Å². The van der Waals surface area contributed by atoms with E-state index >= 15 is 0 Å². The van der Waals surface area contributed by atoms with Gasteiger partial charge in [-0.15, -0.1) is 0 Å². The van der Waals surface area contributed by atoms with Crippen molar-refractivity contribution in [3.63, 3.8) is 0 Å². The molecule has 3 aromatic carbocycles. The van der Waals surface area contributed by atoms with E-state index in [1.807, 2.05) is 65.2 Å². The molecule has 0 saturated heterocycles. The van der Waals surface area contributed by atoms with Gasteiger partial charge >= 0.3 is 0 Å². The maximum absolute atomic E-state index is 12.9. The van der Waals surface area contributed by atoms with E-state index in [9.17, 15) is 9.59 Å². The number of nitrogens with zero attached hydrogens (tertiary/aromatic N) is 2. The summed E-state index contributed by atoms with van der Waals surface area (Å²) in [6.07, 6.45) is 0.233. The number of anilines is 1. The van der Waals surface area contributed by atoms with E-state index in [0.717, 1.165) is 26.6 Å². The number of carbonyl (C=O) groups excluding carboxylic acids is 2. The summed E-state index contributed by atoms with van der Waals surface area (Å²) in [7, 11) is 1.65. The van der Waals surface area contributed by atoms with Crippen LogP contribution in [0.1, 0.15) is 12.5 Å². The second kappa shape index (κ2) is 9.24. The Bertz CT molecular complexity index is 1330. The Kier molecular flexibility index (Phi) is 6.25. The Morgan fingerprint density at radius 1 is 1.10 bits per heavy atom. The zero-order valence-corrected chi connectivity index (χ0v) is 18.2. The first-order chi connectivity index (χ1) is 15.0. The molecule has 6 nitrogen and oxygen atoms in total. The Hall–Kier alpha value is -3.29. The molecule has 7 heteroatoms. The molecular weight excluding hydrogens is 410 g/mol. The molecule has 0 fully saturated rings. The zero-order valence-electron chi connectivity index (χ0n) is 17.4. The molecule has 0 spiro atoms. The second-order valence-electron chi connectivity index (χ2n) is 7.21. The fraction of sp³-hybridized carbons (Fsp3) is 0.208. The molecule has 2 amide bonds. The van der Waals surface area contributed by atoms with Gasteiger partial charge in [-0.3, -0.25) is 9.59 Å². The molecule has 0 aliphatic heterocycles. The summed E-state index contributed by atoms with van der Waals surface area (Å²) in [5.74, 6) is -0.325. The monoisotopic (exact) mass is 433 g/mol. The standard InChI is InChI=1S/C24H23N3O3S/c1-16(28)25-19-10-11-21-22(15-19)31-24(27(21)12-13-30-2)26-23(29)14-18-8-5-7-17-6-3-4-9-20(17)18/h3-11,15H,12-14H2,1-2H3,(H,25,28). The van der Waals surface area contributed by atoms with Crippen LogP contribution in [-0.2, 0) is 27.3 Å². The third-order valence-corrected chi connectivity index (χ3v) is 6.01. The number of aromatic nitrogens is 1. The van der Waals surface area contributed by atoms with Gasteiger partial charge in [0.05, 0.1) is 23.2 Å².